The first-order valence-electron chi connectivity index (χ1n) is 5.42. The fraction of sp³-hybridized carbons (Fsp3) is 0.455. The number of anilines is 1. The van der Waals surface area contributed by atoms with Gasteiger partial charge in [-0.1, -0.05) is 0 Å². The maximum absolute atomic E-state index is 11.1. The van der Waals surface area contributed by atoms with Gasteiger partial charge < -0.3 is 10.4 Å². The van der Waals surface area contributed by atoms with Gasteiger partial charge in [-0.3, -0.25) is 0 Å². The predicted octanol–water partition coefficient (Wildman–Crippen LogP) is 0.935. The summed E-state index contributed by atoms with van der Waals surface area (Å²) >= 11 is 0. The van der Waals surface area contributed by atoms with Crippen molar-refractivity contribution in [3.63, 3.8) is 0 Å². The molecule has 0 aromatic carbocycles. The first-order chi connectivity index (χ1) is 8.31. The zero-order valence-corrected chi connectivity index (χ0v) is 11.1. The number of carboxylic acid groups (broad SMARTS) is 1. The van der Waals surface area contributed by atoms with Crippen LogP contribution in [0.4, 0.5) is 5.82 Å². The predicted molar refractivity (Wildman–Crippen MR) is 68.8 cm³/mol. The van der Waals surface area contributed by atoms with Gasteiger partial charge in [-0.2, -0.15) is 0 Å². The van der Waals surface area contributed by atoms with Crippen molar-refractivity contribution < 1.29 is 18.3 Å². The van der Waals surface area contributed by atoms with E-state index in [2.05, 4.69) is 10.3 Å². The number of sulfone groups is 1. The number of pyridine rings is 1. The number of hydrogen-bond acceptors (Lipinski definition) is 5. The number of aromatic nitrogens is 1. The molecule has 1 rings (SSSR count). The van der Waals surface area contributed by atoms with Crippen molar-refractivity contribution in [2.45, 2.75) is 13.3 Å². The number of carboxylic acids is 1. The molecular formula is C11H16N2O4S. The second-order valence-electron chi connectivity index (χ2n) is 4.07. The van der Waals surface area contributed by atoms with Crippen molar-refractivity contribution >= 4 is 21.6 Å². The highest BCUT2D eigenvalue weighted by Crippen LogP contribution is 2.16. The van der Waals surface area contributed by atoms with Crippen LogP contribution in [-0.4, -0.2) is 43.0 Å². The third kappa shape index (κ3) is 4.33. The molecule has 0 aliphatic rings. The van der Waals surface area contributed by atoms with Crippen LogP contribution in [0, 0.1) is 6.92 Å². The van der Waals surface area contributed by atoms with Crippen molar-refractivity contribution in [2.75, 3.05) is 23.9 Å². The van der Waals surface area contributed by atoms with Crippen LogP contribution in [0.15, 0.2) is 12.3 Å². The topological polar surface area (TPSA) is 96.4 Å². The lowest BCUT2D eigenvalue weighted by Crippen LogP contribution is -2.13. The molecule has 0 fully saturated rings. The zero-order valence-electron chi connectivity index (χ0n) is 10.3. The molecule has 1 heterocycles. The molecule has 0 unspecified atom stereocenters. The molecule has 0 aliphatic carbocycles. The average Bonchev–Trinajstić information content (AvgIpc) is 2.22. The number of hydrogen-bond donors (Lipinski definition) is 2. The zero-order chi connectivity index (χ0) is 13.8. The second kappa shape index (κ2) is 5.81. The molecule has 100 valence electrons. The van der Waals surface area contributed by atoms with Gasteiger partial charge in [-0.15, -0.1) is 0 Å². The second-order valence-corrected chi connectivity index (χ2v) is 6.33. The third-order valence-electron chi connectivity index (χ3n) is 2.36. The minimum absolute atomic E-state index is 0.0637. The summed E-state index contributed by atoms with van der Waals surface area (Å²) in [5.41, 5.74) is 0.736. The lowest BCUT2D eigenvalue weighted by atomic mass is 10.1. The SMILES string of the molecule is Cc1ccnc(NCCCS(C)(=O)=O)c1C(=O)O. The van der Waals surface area contributed by atoms with Crippen LogP contribution in [0.5, 0.6) is 0 Å². The van der Waals surface area contributed by atoms with Gasteiger partial charge in [0.2, 0.25) is 0 Å². The number of nitrogens with zero attached hydrogens (tertiary/aromatic N) is 1. The molecule has 0 radical (unpaired) electrons. The van der Waals surface area contributed by atoms with E-state index in [1.807, 2.05) is 0 Å². The maximum Gasteiger partial charge on any atom is 0.339 e. The number of aromatic carboxylic acids is 1. The Morgan fingerprint density at radius 2 is 2.17 bits per heavy atom. The molecule has 0 aliphatic heterocycles. The smallest absolute Gasteiger partial charge is 0.339 e. The minimum atomic E-state index is -2.99. The maximum atomic E-state index is 11.1. The summed E-state index contributed by atoms with van der Waals surface area (Å²) in [5.74, 6) is -0.712. The van der Waals surface area contributed by atoms with E-state index in [9.17, 15) is 13.2 Å². The highest BCUT2D eigenvalue weighted by Gasteiger charge is 2.13. The van der Waals surface area contributed by atoms with E-state index in [1.54, 1.807) is 13.0 Å². The molecule has 0 amide bonds. The summed E-state index contributed by atoms with van der Waals surface area (Å²) in [7, 11) is -2.99. The molecule has 0 spiro atoms. The van der Waals surface area contributed by atoms with E-state index in [-0.39, 0.29) is 17.1 Å². The largest absolute Gasteiger partial charge is 0.478 e. The lowest BCUT2D eigenvalue weighted by Gasteiger charge is -2.09. The van der Waals surface area contributed by atoms with Gasteiger partial charge >= 0.3 is 5.97 Å². The fourth-order valence-corrected chi connectivity index (χ4v) is 2.17. The summed E-state index contributed by atoms with van der Waals surface area (Å²) in [6, 6.07) is 1.62. The number of carbonyl (C=O) groups is 1. The summed E-state index contributed by atoms with van der Waals surface area (Å²) in [5, 5.41) is 11.9. The van der Waals surface area contributed by atoms with Crippen molar-refractivity contribution in [3.8, 4) is 0 Å². The third-order valence-corrected chi connectivity index (χ3v) is 3.39. The molecule has 1 aromatic rings. The van der Waals surface area contributed by atoms with E-state index < -0.39 is 15.8 Å². The van der Waals surface area contributed by atoms with Gasteiger partial charge in [0, 0.05) is 19.0 Å². The normalized spacial score (nSPS) is 11.2. The lowest BCUT2D eigenvalue weighted by molar-refractivity contribution is 0.0697. The van der Waals surface area contributed by atoms with E-state index in [0.717, 1.165) is 0 Å². The van der Waals surface area contributed by atoms with Crippen molar-refractivity contribution in [3.05, 3.63) is 23.4 Å². The van der Waals surface area contributed by atoms with Gasteiger partial charge in [-0.25, -0.2) is 18.2 Å². The Morgan fingerprint density at radius 3 is 2.72 bits per heavy atom. The van der Waals surface area contributed by atoms with Gasteiger partial charge in [0.05, 0.1) is 5.75 Å². The number of nitrogens with one attached hydrogen (secondary N) is 1. The van der Waals surface area contributed by atoms with Crippen molar-refractivity contribution in [1.82, 2.24) is 4.98 Å². The average molecular weight is 272 g/mol. The van der Waals surface area contributed by atoms with Gasteiger partial charge in [0.1, 0.15) is 21.2 Å². The fourth-order valence-electron chi connectivity index (χ4n) is 1.50. The molecule has 6 nitrogen and oxygen atoms in total. The van der Waals surface area contributed by atoms with Crippen LogP contribution < -0.4 is 5.32 Å². The van der Waals surface area contributed by atoms with Crippen LogP contribution in [0.3, 0.4) is 0 Å². The Kier molecular flexibility index (Phi) is 4.66. The Balaban J connectivity index is 2.68. The van der Waals surface area contributed by atoms with E-state index in [1.165, 1.54) is 12.5 Å². The number of rotatable bonds is 6. The summed E-state index contributed by atoms with van der Waals surface area (Å²) in [6.45, 7) is 2.05. The Hall–Kier alpha value is -1.63. The molecule has 1 aromatic heterocycles. The number of aryl methyl sites for hydroxylation is 1. The Morgan fingerprint density at radius 1 is 1.50 bits per heavy atom. The van der Waals surface area contributed by atoms with Gasteiger partial charge in [-0.05, 0) is 25.0 Å². The highest BCUT2D eigenvalue weighted by atomic mass is 32.2. The van der Waals surface area contributed by atoms with Crippen LogP contribution in [0.25, 0.3) is 0 Å². The molecule has 0 atom stereocenters. The Labute approximate surface area is 106 Å². The van der Waals surface area contributed by atoms with Crippen molar-refractivity contribution in [1.29, 1.82) is 0 Å². The van der Waals surface area contributed by atoms with Crippen LogP contribution in [0.2, 0.25) is 0 Å². The minimum Gasteiger partial charge on any atom is -0.478 e. The monoisotopic (exact) mass is 272 g/mol. The van der Waals surface area contributed by atoms with Gasteiger partial charge in [0.15, 0.2) is 0 Å². The summed E-state index contributed by atoms with van der Waals surface area (Å²) in [6.07, 6.45) is 3.09. The van der Waals surface area contributed by atoms with Crippen LogP contribution in [-0.2, 0) is 9.84 Å². The Bertz CT molecular complexity index is 540. The van der Waals surface area contributed by atoms with Crippen molar-refractivity contribution in [2.24, 2.45) is 0 Å². The molecule has 7 heteroatoms. The summed E-state index contributed by atoms with van der Waals surface area (Å²) in [4.78, 5) is 15.0. The molecule has 18 heavy (non-hydrogen) atoms. The molecule has 2 N–H and O–H groups in total. The molecule has 0 saturated carbocycles. The first-order valence-corrected chi connectivity index (χ1v) is 7.48. The standard InChI is InChI=1S/C11H16N2O4S/c1-8-4-6-13-10(9(8)11(14)15)12-5-3-7-18(2,16)17/h4,6H,3,5,7H2,1-2H3,(H,12,13)(H,14,15). The van der Waals surface area contributed by atoms with Crippen LogP contribution in [0.1, 0.15) is 22.3 Å². The van der Waals surface area contributed by atoms with Crippen LogP contribution >= 0.6 is 0 Å². The highest BCUT2D eigenvalue weighted by molar-refractivity contribution is 7.90. The van der Waals surface area contributed by atoms with E-state index in [0.29, 0.717) is 18.5 Å². The van der Waals surface area contributed by atoms with Gasteiger partial charge in [0.25, 0.3) is 0 Å². The molecule has 0 bridgehead atoms. The molecular weight excluding hydrogens is 256 g/mol. The molecule has 0 saturated heterocycles. The van der Waals surface area contributed by atoms with E-state index >= 15 is 0 Å². The van der Waals surface area contributed by atoms with E-state index in [4.69, 9.17) is 5.11 Å². The quantitative estimate of drug-likeness (QED) is 0.748. The first kappa shape index (κ1) is 14.4. The summed E-state index contributed by atoms with van der Waals surface area (Å²) < 4.78 is 21.9.